The molecule has 0 saturated carbocycles. The number of carbonyl (C=O) groups is 1. The minimum atomic E-state index is -3.81. The third-order valence-corrected chi connectivity index (χ3v) is 4.08. The maximum atomic E-state index is 11.8. The van der Waals surface area contributed by atoms with Gasteiger partial charge in [-0.25, -0.2) is 17.8 Å². The zero-order valence-corrected chi connectivity index (χ0v) is 11.7. The van der Waals surface area contributed by atoms with E-state index < -0.39 is 15.9 Å². The lowest BCUT2D eigenvalue weighted by Gasteiger charge is -2.06. The second-order valence-electron chi connectivity index (χ2n) is 3.09. The summed E-state index contributed by atoms with van der Waals surface area (Å²) in [5, 5.41) is 9.46. The number of aromatic nitrogens is 3. The molecule has 0 saturated heterocycles. The van der Waals surface area contributed by atoms with Crippen LogP contribution >= 0.6 is 15.9 Å². The number of rotatable bonds is 5. The van der Waals surface area contributed by atoms with Crippen LogP contribution in [0.1, 0.15) is 6.92 Å². The van der Waals surface area contributed by atoms with E-state index in [0.29, 0.717) is 6.54 Å². The van der Waals surface area contributed by atoms with Gasteiger partial charge in [0.05, 0.1) is 6.54 Å². The van der Waals surface area contributed by atoms with Gasteiger partial charge in [0.15, 0.2) is 4.60 Å². The van der Waals surface area contributed by atoms with Crippen LogP contribution < -0.4 is 10.0 Å². The molecule has 0 spiro atoms. The summed E-state index contributed by atoms with van der Waals surface area (Å²) >= 11 is 2.98. The van der Waals surface area contributed by atoms with Gasteiger partial charge in [0.25, 0.3) is 10.0 Å². The average Bonchev–Trinajstić information content (AvgIpc) is 2.57. The minimum absolute atomic E-state index is 0.100. The Balaban J connectivity index is 2.80. The van der Waals surface area contributed by atoms with Gasteiger partial charge < -0.3 is 5.32 Å². The fourth-order valence-corrected chi connectivity index (χ4v) is 3.17. The Morgan fingerprint density at radius 1 is 1.53 bits per heavy atom. The number of aryl methyl sites for hydroxylation is 1. The normalized spacial score (nSPS) is 11.5. The predicted octanol–water partition coefficient (Wildman–Crippen LogP) is -1.01. The lowest BCUT2D eigenvalue weighted by Crippen LogP contribution is -2.37. The van der Waals surface area contributed by atoms with Gasteiger partial charge in [0.1, 0.15) is 0 Å². The number of sulfonamides is 1. The van der Waals surface area contributed by atoms with E-state index in [1.54, 1.807) is 6.92 Å². The summed E-state index contributed by atoms with van der Waals surface area (Å²) in [6, 6.07) is 0. The molecule has 0 bridgehead atoms. The first-order chi connectivity index (χ1) is 7.88. The van der Waals surface area contributed by atoms with Crippen molar-refractivity contribution in [1.29, 1.82) is 0 Å². The van der Waals surface area contributed by atoms with Gasteiger partial charge >= 0.3 is 0 Å². The first kappa shape index (κ1) is 14.1. The Labute approximate surface area is 107 Å². The summed E-state index contributed by atoms with van der Waals surface area (Å²) in [6.45, 7) is 1.86. The smallest absolute Gasteiger partial charge is 0.261 e. The highest BCUT2D eigenvalue weighted by Gasteiger charge is 2.24. The zero-order valence-electron chi connectivity index (χ0n) is 9.27. The van der Waals surface area contributed by atoms with Gasteiger partial charge in [-0.2, -0.15) is 0 Å². The van der Waals surface area contributed by atoms with Crippen LogP contribution in [0.4, 0.5) is 0 Å². The molecule has 0 atom stereocenters. The fraction of sp³-hybridized carbons (Fsp3) is 0.571. The van der Waals surface area contributed by atoms with E-state index in [9.17, 15) is 13.2 Å². The number of carbonyl (C=O) groups excluding carboxylic acids is 1. The SMILES string of the molecule is CCNC(=O)CNS(=O)(=O)c1c(Br)nnn1C. The zero-order chi connectivity index (χ0) is 13.1. The van der Waals surface area contributed by atoms with Crippen LogP contribution in [0.2, 0.25) is 0 Å². The molecule has 10 heteroatoms. The van der Waals surface area contributed by atoms with Gasteiger partial charge in [-0.3, -0.25) is 4.79 Å². The molecule has 0 aliphatic carbocycles. The van der Waals surface area contributed by atoms with Gasteiger partial charge in [-0.15, -0.1) is 5.10 Å². The van der Waals surface area contributed by atoms with Crippen molar-refractivity contribution in [2.24, 2.45) is 7.05 Å². The van der Waals surface area contributed by atoms with Crippen LogP contribution in [-0.4, -0.2) is 42.4 Å². The summed E-state index contributed by atoms with van der Waals surface area (Å²) in [6.07, 6.45) is 0. The van der Waals surface area contributed by atoms with Crippen molar-refractivity contribution >= 4 is 31.9 Å². The standard InChI is InChI=1S/C7H12BrN5O3S/c1-3-9-5(14)4-10-17(15,16)7-6(8)11-12-13(7)2/h10H,3-4H2,1-2H3,(H,9,14). The van der Waals surface area contributed by atoms with Crippen molar-refractivity contribution in [2.45, 2.75) is 11.9 Å². The van der Waals surface area contributed by atoms with Crippen molar-refractivity contribution in [2.75, 3.05) is 13.1 Å². The Hall–Kier alpha value is -1.00. The second kappa shape index (κ2) is 5.56. The van der Waals surface area contributed by atoms with Crippen molar-refractivity contribution in [1.82, 2.24) is 25.0 Å². The predicted molar refractivity (Wildman–Crippen MR) is 62.6 cm³/mol. The molecule has 8 nitrogen and oxygen atoms in total. The van der Waals surface area contributed by atoms with E-state index in [2.05, 4.69) is 36.3 Å². The average molecular weight is 326 g/mol. The van der Waals surface area contributed by atoms with Crippen molar-refractivity contribution in [3.05, 3.63) is 4.60 Å². The molecule has 1 rings (SSSR count). The molecule has 1 aromatic heterocycles. The number of nitrogens with one attached hydrogen (secondary N) is 2. The van der Waals surface area contributed by atoms with Crippen molar-refractivity contribution in [3.8, 4) is 0 Å². The molecule has 0 radical (unpaired) electrons. The van der Waals surface area contributed by atoms with E-state index in [0.717, 1.165) is 4.68 Å². The van der Waals surface area contributed by atoms with Crippen LogP contribution in [0.3, 0.4) is 0 Å². The molecule has 0 aliphatic rings. The van der Waals surface area contributed by atoms with E-state index >= 15 is 0 Å². The summed E-state index contributed by atoms with van der Waals surface area (Å²) < 4.78 is 27.0. The molecule has 96 valence electrons. The first-order valence-corrected chi connectivity index (χ1v) is 6.97. The van der Waals surface area contributed by atoms with Crippen molar-refractivity contribution in [3.63, 3.8) is 0 Å². The quantitative estimate of drug-likeness (QED) is 0.721. The molecule has 0 fully saturated rings. The minimum Gasteiger partial charge on any atom is -0.355 e. The first-order valence-electron chi connectivity index (χ1n) is 4.70. The highest BCUT2D eigenvalue weighted by Crippen LogP contribution is 2.16. The van der Waals surface area contributed by atoms with Crippen molar-refractivity contribution < 1.29 is 13.2 Å². The lowest BCUT2D eigenvalue weighted by atomic mass is 10.6. The molecular formula is C7H12BrN5O3S. The third kappa shape index (κ3) is 3.48. The largest absolute Gasteiger partial charge is 0.355 e. The number of halogens is 1. The van der Waals surface area contributed by atoms with Crippen LogP contribution in [0.5, 0.6) is 0 Å². The number of likely N-dealkylation sites (N-methyl/N-ethyl adjacent to an activating group) is 1. The summed E-state index contributed by atoms with van der Waals surface area (Å²) in [5.74, 6) is -0.401. The van der Waals surface area contributed by atoms with Crippen LogP contribution in [-0.2, 0) is 21.9 Å². The van der Waals surface area contributed by atoms with Crippen LogP contribution in [0.25, 0.3) is 0 Å². The highest BCUT2D eigenvalue weighted by atomic mass is 79.9. The Bertz CT molecular complexity index is 492. The highest BCUT2D eigenvalue weighted by molar-refractivity contribution is 9.10. The molecule has 1 amide bonds. The Kier molecular flexibility index (Phi) is 4.60. The number of hydrogen-bond donors (Lipinski definition) is 2. The second-order valence-corrected chi connectivity index (χ2v) is 5.52. The number of hydrogen-bond acceptors (Lipinski definition) is 5. The van der Waals surface area contributed by atoms with E-state index in [1.807, 2.05) is 0 Å². The van der Waals surface area contributed by atoms with Gasteiger partial charge in [-0.05, 0) is 22.9 Å². The third-order valence-electron chi connectivity index (χ3n) is 1.79. The topological polar surface area (TPSA) is 106 Å². The Morgan fingerprint density at radius 3 is 2.65 bits per heavy atom. The van der Waals surface area contributed by atoms with Gasteiger partial charge in [0, 0.05) is 13.6 Å². The molecule has 0 aliphatic heterocycles. The molecule has 2 N–H and O–H groups in total. The lowest BCUT2D eigenvalue weighted by molar-refractivity contribution is -0.119. The number of nitrogens with zero attached hydrogens (tertiary/aromatic N) is 3. The molecule has 1 aromatic rings. The summed E-state index contributed by atoms with van der Waals surface area (Å²) in [5.41, 5.74) is 0. The van der Waals surface area contributed by atoms with Gasteiger partial charge in [0.2, 0.25) is 10.9 Å². The maximum Gasteiger partial charge on any atom is 0.261 e. The molecule has 1 heterocycles. The summed E-state index contributed by atoms with van der Waals surface area (Å²) in [4.78, 5) is 11.1. The molecule has 0 unspecified atom stereocenters. The van der Waals surface area contributed by atoms with E-state index in [4.69, 9.17) is 0 Å². The van der Waals surface area contributed by atoms with Crippen LogP contribution in [0.15, 0.2) is 9.63 Å². The fourth-order valence-electron chi connectivity index (χ4n) is 1.10. The summed E-state index contributed by atoms with van der Waals surface area (Å²) in [7, 11) is -2.37. The van der Waals surface area contributed by atoms with E-state index in [1.165, 1.54) is 7.05 Å². The number of amides is 1. The Morgan fingerprint density at radius 2 is 2.18 bits per heavy atom. The molecule has 17 heavy (non-hydrogen) atoms. The molecular weight excluding hydrogens is 314 g/mol. The monoisotopic (exact) mass is 325 g/mol. The van der Waals surface area contributed by atoms with Gasteiger partial charge in [-0.1, -0.05) is 5.21 Å². The maximum absolute atomic E-state index is 11.8. The molecule has 0 aromatic carbocycles. The van der Waals surface area contributed by atoms with Crippen LogP contribution in [0, 0.1) is 0 Å². The van der Waals surface area contributed by atoms with E-state index in [-0.39, 0.29) is 16.2 Å².